The van der Waals surface area contributed by atoms with Crippen LogP contribution in [0.2, 0.25) is 0 Å². The van der Waals surface area contributed by atoms with E-state index in [1.54, 1.807) is 25.3 Å². The Kier molecular flexibility index (Phi) is 3.09. The zero-order valence-corrected chi connectivity index (χ0v) is 7.65. The first-order chi connectivity index (χ1) is 6.76. The third-order valence-electron chi connectivity index (χ3n) is 2.30. The second-order valence-electron chi connectivity index (χ2n) is 3.08. The van der Waals surface area contributed by atoms with E-state index in [2.05, 4.69) is 5.16 Å². The molecule has 0 bridgehead atoms. The molecule has 4 nitrogen and oxygen atoms in total. The molecule has 1 aromatic carbocycles. The molecule has 4 heteroatoms. The van der Waals surface area contributed by atoms with Gasteiger partial charge in [-0.25, -0.2) is 0 Å². The highest BCUT2D eigenvalue weighted by molar-refractivity contribution is 6.49. The Morgan fingerprint density at radius 3 is 2.80 bits per heavy atom. The fourth-order valence-corrected chi connectivity index (χ4v) is 1.56. The van der Waals surface area contributed by atoms with Gasteiger partial charge in [0.05, 0.1) is 7.11 Å². The number of nitrogens with zero attached hydrogens (tertiary/aromatic N) is 1. The Labute approximate surface area is 88.2 Å². The van der Waals surface area contributed by atoms with Crippen LogP contribution in [0.25, 0.3) is 0 Å². The highest BCUT2D eigenvalue weighted by Gasteiger charge is 2.26. The monoisotopic (exact) mass is 207 g/mol. The molecule has 0 aromatic heterocycles. The number of ketones is 1. The zero-order valence-electron chi connectivity index (χ0n) is 7.65. The van der Waals surface area contributed by atoms with Gasteiger partial charge in [-0.1, -0.05) is 12.6 Å². The predicted octanol–water partition coefficient (Wildman–Crippen LogP) is 1.90. The highest BCUT2D eigenvalue weighted by Crippen LogP contribution is 2.24. The van der Waals surface area contributed by atoms with Crippen LogP contribution in [-0.2, 0) is 6.42 Å². The topological polar surface area (TPSA) is 58.9 Å². The van der Waals surface area contributed by atoms with Crippen LogP contribution in [0, 0.1) is 0 Å². The molecule has 0 radical (unpaired) electrons. The van der Waals surface area contributed by atoms with Gasteiger partial charge in [-0.2, -0.15) is 0 Å². The highest BCUT2D eigenvalue weighted by atomic mass is 16.5. The van der Waals surface area contributed by atoms with E-state index in [0.29, 0.717) is 17.7 Å². The molecule has 0 saturated heterocycles. The molecule has 0 amide bonds. The van der Waals surface area contributed by atoms with Crippen molar-refractivity contribution >= 4 is 11.5 Å². The molecule has 1 N–H and O–H groups in total. The number of rotatable bonds is 1. The number of fused-ring (bicyclic) bond motifs is 1. The molecular formula is C11H13NO3. The molecule has 0 fully saturated rings. The molecule has 0 spiro atoms. The number of carbonyl (C=O) groups excluding carboxylic acids is 1. The maximum absolute atomic E-state index is 11.5. The summed E-state index contributed by atoms with van der Waals surface area (Å²) in [5, 5.41) is 11.5. The lowest BCUT2D eigenvalue weighted by molar-refractivity contribution is 0.106. The minimum Gasteiger partial charge on any atom is -0.497 e. The number of carbonyl (C=O) groups is 1. The first-order valence-electron chi connectivity index (χ1n) is 4.19. The van der Waals surface area contributed by atoms with E-state index < -0.39 is 0 Å². The van der Waals surface area contributed by atoms with Gasteiger partial charge in [0.25, 0.3) is 0 Å². The average Bonchev–Trinajstić information content (AvgIpc) is 2.55. The Balaban J connectivity index is 0.00000112. The summed E-state index contributed by atoms with van der Waals surface area (Å²) in [7, 11) is 1.57. The molecule has 0 unspecified atom stereocenters. The van der Waals surface area contributed by atoms with E-state index >= 15 is 0 Å². The van der Waals surface area contributed by atoms with Crippen molar-refractivity contribution in [3.63, 3.8) is 0 Å². The number of oxime groups is 1. The van der Waals surface area contributed by atoms with Gasteiger partial charge < -0.3 is 9.94 Å². The van der Waals surface area contributed by atoms with E-state index in [1.807, 2.05) is 0 Å². The third kappa shape index (κ3) is 1.70. The van der Waals surface area contributed by atoms with E-state index in [-0.39, 0.29) is 18.9 Å². The number of hydrogen-bond donors (Lipinski definition) is 1. The molecule has 0 atom stereocenters. The van der Waals surface area contributed by atoms with E-state index in [1.165, 1.54) is 0 Å². The fourth-order valence-electron chi connectivity index (χ4n) is 1.56. The minimum absolute atomic E-state index is 0. The van der Waals surface area contributed by atoms with Crippen LogP contribution in [0.15, 0.2) is 23.4 Å². The van der Waals surface area contributed by atoms with Crippen molar-refractivity contribution in [2.45, 2.75) is 13.8 Å². The van der Waals surface area contributed by atoms with Crippen LogP contribution < -0.4 is 4.74 Å². The Morgan fingerprint density at radius 1 is 1.47 bits per heavy atom. The number of hydrogen-bond acceptors (Lipinski definition) is 4. The quantitative estimate of drug-likeness (QED) is 0.565. The summed E-state index contributed by atoms with van der Waals surface area (Å²) < 4.78 is 5.03. The molecular weight excluding hydrogens is 194 g/mol. The van der Waals surface area contributed by atoms with E-state index in [9.17, 15) is 4.79 Å². The van der Waals surface area contributed by atoms with Crippen LogP contribution in [0.3, 0.4) is 0 Å². The first-order valence-corrected chi connectivity index (χ1v) is 4.19. The van der Waals surface area contributed by atoms with Gasteiger partial charge in [0.1, 0.15) is 11.5 Å². The van der Waals surface area contributed by atoms with Crippen molar-refractivity contribution in [3.8, 4) is 5.75 Å². The summed E-state index contributed by atoms with van der Waals surface area (Å²) in [6.45, 7) is 0. The third-order valence-corrected chi connectivity index (χ3v) is 2.30. The number of benzene rings is 1. The van der Waals surface area contributed by atoms with Crippen molar-refractivity contribution in [2.75, 3.05) is 7.11 Å². The Morgan fingerprint density at radius 2 is 2.20 bits per heavy atom. The van der Waals surface area contributed by atoms with Gasteiger partial charge in [0.2, 0.25) is 5.78 Å². The smallest absolute Gasteiger partial charge is 0.211 e. The molecule has 1 aromatic rings. The second-order valence-corrected chi connectivity index (χ2v) is 3.08. The molecule has 1 aliphatic rings. The van der Waals surface area contributed by atoms with Gasteiger partial charge in [-0.15, -0.1) is 0 Å². The lowest BCUT2D eigenvalue weighted by Crippen LogP contribution is -2.06. The number of ether oxygens (including phenoxy) is 1. The fraction of sp³-hybridized carbons (Fsp3) is 0.273. The maximum atomic E-state index is 11.5. The zero-order chi connectivity index (χ0) is 10.1. The summed E-state index contributed by atoms with van der Waals surface area (Å²) >= 11 is 0. The number of methoxy groups -OCH3 is 1. The van der Waals surface area contributed by atoms with Gasteiger partial charge in [-0.3, -0.25) is 4.79 Å². The van der Waals surface area contributed by atoms with Crippen molar-refractivity contribution in [1.82, 2.24) is 0 Å². The lowest BCUT2D eigenvalue weighted by Gasteiger charge is -2.00. The summed E-state index contributed by atoms with van der Waals surface area (Å²) in [5.74, 6) is 0.501. The minimum atomic E-state index is -0.204. The van der Waals surface area contributed by atoms with E-state index in [0.717, 1.165) is 5.56 Å². The molecule has 1 aliphatic carbocycles. The molecule has 15 heavy (non-hydrogen) atoms. The average molecular weight is 207 g/mol. The van der Waals surface area contributed by atoms with Gasteiger partial charge in [0, 0.05) is 12.0 Å². The second kappa shape index (κ2) is 4.13. The summed E-state index contributed by atoms with van der Waals surface area (Å²) in [6, 6.07) is 5.19. The SMILES string of the molecule is C.COc1ccc2c(c1)C/C(=N\O)C2=O. The largest absolute Gasteiger partial charge is 0.497 e. The molecule has 2 rings (SSSR count). The molecule has 0 heterocycles. The first kappa shape index (κ1) is 11.2. The van der Waals surface area contributed by atoms with Crippen molar-refractivity contribution in [3.05, 3.63) is 29.3 Å². The standard InChI is InChI=1S/C10H9NO3.CH4/c1-14-7-2-3-8-6(4-7)5-9(11-13)10(8)12;/h2-4,13H,5H2,1H3;1H4/b11-9+;. The van der Waals surface area contributed by atoms with E-state index in [4.69, 9.17) is 9.94 Å². The van der Waals surface area contributed by atoms with Crippen molar-refractivity contribution in [1.29, 1.82) is 0 Å². The summed E-state index contributed by atoms with van der Waals surface area (Å²) in [5.41, 5.74) is 1.63. The summed E-state index contributed by atoms with van der Waals surface area (Å²) in [6.07, 6.45) is 0.377. The molecule has 0 saturated carbocycles. The Hall–Kier alpha value is -1.84. The van der Waals surface area contributed by atoms with Gasteiger partial charge in [-0.05, 0) is 23.8 Å². The Bertz CT molecular complexity index is 424. The van der Waals surface area contributed by atoms with Gasteiger partial charge in [0.15, 0.2) is 0 Å². The molecule has 0 aliphatic heterocycles. The van der Waals surface area contributed by atoms with Crippen LogP contribution in [-0.4, -0.2) is 23.8 Å². The maximum Gasteiger partial charge on any atom is 0.211 e. The lowest BCUT2D eigenvalue weighted by atomic mass is 10.1. The van der Waals surface area contributed by atoms with Crippen LogP contribution >= 0.6 is 0 Å². The van der Waals surface area contributed by atoms with Crippen molar-refractivity contribution in [2.24, 2.45) is 5.16 Å². The van der Waals surface area contributed by atoms with Crippen LogP contribution in [0.4, 0.5) is 0 Å². The predicted molar refractivity (Wildman–Crippen MR) is 57.0 cm³/mol. The van der Waals surface area contributed by atoms with Crippen LogP contribution in [0.1, 0.15) is 23.3 Å². The van der Waals surface area contributed by atoms with Gasteiger partial charge >= 0.3 is 0 Å². The molecule has 80 valence electrons. The summed E-state index contributed by atoms with van der Waals surface area (Å²) in [4.78, 5) is 11.5. The number of Topliss-reactive ketones (excluding diaryl/α,β-unsaturated/α-hetero) is 1. The van der Waals surface area contributed by atoms with Crippen molar-refractivity contribution < 1.29 is 14.7 Å². The van der Waals surface area contributed by atoms with Crippen LogP contribution in [0.5, 0.6) is 5.75 Å². The normalized spacial score (nSPS) is 16.1.